The first-order valence-electron chi connectivity index (χ1n) is 7.29. The summed E-state index contributed by atoms with van der Waals surface area (Å²) < 4.78 is 40.0. The predicted molar refractivity (Wildman–Crippen MR) is 91.2 cm³/mol. The van der Waals surface area contributed by atoms with Gasteiger partial charge >= 0.3 is 0 Å². The van der Waals surface area contributed by atoms with Gasteiger partial charge in [-0.05, 0) is 30.7 Å². The minimum absolute atomic E-state index is 0.0679. The average Bonchev–Trinajstić information content (AvgIpc) is 2.51. The van der Waals surface area contributed by atoms with Gasteiger partial charge in [-0.1, -0.05) is 0 Å². The molecule has 0 aliphatic heterocycles. The van der Waals surface area contributed by atoms with E-state index in [1.165, 1.54) is 12.1 Å². The molecule has 0 atom stereocenters. The van der Waals surface area contributed by atoms with Gasteiger partial charge in [-0.2, -0.15) is 5.10 Å². The Morgan fingerprint density at radius 3 is 2.62 bits per heavy atom. The van der Waals surface area contributed by atoms with E-state index in [2.05, 4.69) is 20.2 Å². The molecule has 0 radical (unpaired) electrons. The second-order valence-corrected chi connectivity index (χ2v) is 7.16. The van der Waals surface area contributed by atoms with E-state index in [4.69, 9.17) is 0 Å². The Bertz CT molecular complexity index is 811. The summed E-state index contributed by atoms with van der Waals surface area (Å²) in [6.45, 7) is 2.05. The fourth-order valence-corrected chi connectivity index (χ4v) is 3.31. The Kier molecular flexibility index (Phi) is 5.68. The van der Waals surface area contributed by atoms with Gasteiger partial charge in [-0.15, -0.1) is 5.10 Å². The maximum atomic E-state index is 13.1. The monoisotopic (exact) mass is 353 g/mol. The van der Waals surface area contributed by atoms with Gasteiger partial charge in [0.15, 0.2) is 5.82 Å². The summed E-state index contributed by atoms with van der Waals surface area (Å²) in [4.78, 5) is 1.96. The molecule has 2 aromatic rings. The number of aryl methyl sites for hydroxylation is 1. The fourth-order valence-electron chi connectivity index (χ4n) is 2.06. The van der Waals surface area contributed by atoms with Gasteiger partial charge in [-0.3, -0.25) is 0 Å². The molecule has 0 aliphatic rings. The number of benzene rings is 1. The highest BCUT2D eigenvalue weighted by molar-refractivity contribution is 7.89. The number of nitrogens with zero attached hydrogens (tertiary/aromatic N) is 3. The van der Waals surface area contributed by atoms with E-state index >= 15 is 0 Å². The number of halogens is 1. The Morgan fingerprint density at radius 1 is 1.21 bits per heavy atom. The van der Waals surface area contributed by atoms with Crippen molar-refractivity contribution < 1.29 is 12.8 Å². The van der Waals surface area contributed by atoms with Crippen LogP contribution in [0, 0.1) is 12.7 Å². The molecule has 0 amide bonds. The van der Waals surface area contributed by atoms with Crippen LogP contribution in [0.3, 0.4) is 0 Å². The molecule has 2 N–H and O–H groups in total. The summed E-state index contributed by atoms with van der Waals surface area (Å²) in [5.41, 5.74) is 1.25. The Labute approximate surface area is 141 Å². The van der Waals surface area contributed by atoms with Crippen molar-refractivity contribution in [3.05, 3.63) is 41.8 Å². The van der Waals surface area contributed by atoms with Crippen LogP contribution in [-0.2, 0) is 10.0 Å². The molecule has 130 valence electrons. The van der Waals surface area contributed by atoms with E-state index in [0.29, 0.717) is 17.9 Å². The largest absolute Gasteiger partial charge is 0.376 e. The van der Waals surface area contributed by atoms with Crippen molar-refractivity contribution in [2.75, 3.05) is 37.4 Å². The molecule has 0 saturated heterocycles. The molecule has 1 heterocycles. The van der Waals surface area contributed by atoms with Gasteiger partial charge in [0.05, 0.1) is 16.8 Å². The van der Waals surface area contributed by atoms with Gasteiger partial charge in [0.2, 0.25) is 10.0 Å². The third kappa shape index (κ3) is 4.62. The lowest BCUT2D eigenvalue weighted by Crippen LogP contribution is -2.29. The Morgan fingerprint density at radius 2 is 1.96 bits per heavy atom. The molecular weight excluding hydrogens is 333 g/mol. The number of sulfonamides is 1. The van der Waals surface area contributed by atoms with Gasteiger partial charge in [0.1, 0.15) is 5.82 Å². The molecule has 7 nitrogen and oxygen atoms in total. The second-order valence-electron chi connectivity index (χ2n) is 5.43. The van der Waals surface area contributed by atoms with Crippen molar-refractivity contribution in [1.82, 2.24) is 14.9 Å². The highest BCUT2D eigenvalue weighted by Crippen LogP contribution is 2.16. The normalized spacial score (nSPS) is 11.3. The summed E-state index contributed by atoms with van der Waals surface area (Å²) in [6.07, 6.45) is 1.63. The van der Waals surface area contributed by atoms with Crippen LogP contribution in [0.25, 0.3) is 0 Å². The molecule has 2 rings (SSSR count). The van der Waals surface area contributed by atoms with Crippen molar-refractivity contribution in [3.63, 3.8) is 0 Å². The standard InChI is InChI=1S/C15H20FN5O2S/c1-11-8-12(16)4-5-14(11)24(22,23)19-7-6-17-15-9-13(21(2)3)10-18-20-15/h4-5,8-10,19H,6-7H2,1-3H3,(H,17,20). The molecule has 0 fully saturated rings. The quantitative estimate of drug-likeness (QED) is 0.732. The SMILES string of the molecule is Cc1cc(F)ccc1S(=O)(=O)NCCNc1cc(N(C)C)cnn1. The number of anilines is 2. The van der Waals surface area contributed by atoms with E-state index < -0.39 is 15.8 Å². The molecule has 0 saturated carbocycles. The molecule has 0 spiro atoms. The predicted octanol–water partition coefficient (Wildman–Crippen LogP) is 1.38. The summed E-state index contributed by atoms with van der Waals surface area (Å²) in [6, 6.07) is 5.38. The molecule has 24 heavy (non-hydrogen) atoms. The summed E-state index contributed by atoms with van der Waals surface area (Å²) in [5.74, 6) is 0.0887. The van der Waals surface area contributed by atoms with Crippen LogP contribution < -0.4 is 14.9 Å². The smallest absolute Gasteiger partial charge is 0.240 e. The molecular formula is C15H20FN5O2S. The van der Waals surface area contributed by atoms with Crippen molar-refractivity contribution in [3.8, 4) is 0 Å². The van der Waals surface area contributed by atoms with Gasteiger partial charge in [-0.25, -0.2) is 17.5 Å². The van der Waals surface area contributed by atoms with E-state index in [0.717, 1.165) is 11.8 Å². The fraction of sp³-hybridized carbons (Fsp3) is 0.333. The minimum atomic E-state index is -3.68. The number of hydrogen-bond donors (Lipinski definition) is 2. The lowest BCUT2D eigenvalue weighted by Gasteiger charge is -2.13. The molecule has 1 aromatic heterocycles. The molecule has 1 aromatic carbocycles. The van der Waals surface area contributed by atoms with E-state index in [9.17, 15) is 12.8 Å². The lowest BCUT2D eigenvalue weighted by atomic mass is 10.2. The van der Waals surface area contributed by atoms with Crippen LogP contribution in [0.5, 0.6) is 0 Å². The van der Waals surface area contributed by atoms with Crippen LogP contribution in [0.15, 0.2) is 35.4 Å². The Hall–Kier alpha value is -2.26. The molecule has 0 unspecified atom stereocenters. The van der Waals surface area contributed by atoms with Crippen molar-refractivity contribution in [2.45, 2.75) is 11.8 Å². The maximum Gasteiger partial charge on any atom is 0.240 e. The number of rotatable bonds is 7. The average molecular weight is 353 g/mol. The van der Waals surface area contributed by atoms with E-state index in [1.807, 2.05) is 25.1 Å². The molecule has 0 bridgehead atoms. The van der Waals surface area contributed by atoms with E-state index in [-0.39, 0.29) is 11.4 Å². The van der Waals surface area contributed by atoms with Crippen LogP contribution in [0.2, 0.25) is 0 Å². The van der Waals surface area contributed by atoms with E-state index in [1.54, 1.807) is 13.1 Å². The first-order valence-corrected chi connectivity index (χ1v) is 8.77. The van der Waals surface area contributed by atoms with Crippen LogP contribution >= 0.6 is 0 Å². The third-order valence-corrected chi connectivity index (χ3v) is 4.93. The summed E-state index contributed by atoms with van der Waals surface area (Å²) >= 11 is 0. The minimum Gasteiger partial charge on any atom is -0.376 e. The van der Waals surface area contributed by atoms with Gasteiger partial charge in [0.25, 0.3) is 0 Å². The van der Waals surface area contributed by atoms with Crippen LogP contribution in [0.1, 0.15) is 5.56 Å². The topological polar surface area (TPSA) is 87.2 Å². The first-order chi connectivity index (χ1) is 11.3. The highest BCUT2D eigenvalue weighted by atomic mass is 32.2. The van der Waals surface area contributed by atoms with Crippen molar-refractivity contribution >= 4 is 21.5 Å². The highest BCUT2D eigenvalue weighted by Gasteiger charge is 2.16. The lowest BCUT2D eigenvalue weighted by molar-refractivity contribution is 0.581. The Balaban J connectivity index is 1.93. The van der Waals surface area contributed by atoms with Crippen molar-refractivity contribution in [2.24, 2.45) is 0 Å². The number of nitrogens with one attached hydrogen (secondary N) is 2. The van der Waals surface area contributed by atoms with Crippen LogP contribution in [-0.4, -0.2) is 45.8 Å². The zero-order chi connectivity index (χ0) is 17.7. The van der Waals surface area contributed by atoms with Crippen LogP contribution in [0.4, 0.5) is 15.9 Å². The maximum absolute atomic E-state index is 13.1. The number of hydrogen-bond acceptors (Lipinski definition) is 6. The number of aromatic nitrogens is 2. The summed E-state index contributed by atoms with van der Waals surface area (Å²) in [5, 5.41) is 10.8. The molecule has 9 heteroatoms. The zero-order valence-electron chi connectivity index (χ0n) is 13.7. The van der Waals surface area contributed by atoms with Gasteiger partial charge in [0, 0.05) is 33.3 Å². The third-order valence-electron chi connectivity index (χ3n) is 3.31. The zero-order valence-corrected chi connectivity index (χ0v) is 14.6. The van der Waals surface area contributed by atoms with Crippen molar-refractivity contribution in [1.29, 1.82) is 0 Å². The molecule has 0 aliphatic carbocycles. The summed E-state index contributed by atoms with van der Waals surface area (Å²) in [7, 11) is 0.0930. The first kappa shape index (κ1) is 18.1. The second kappa shape index (κ2) is 7.54. The van der Waals surface area contributed by atoms with Gasteiger partial charge < -0.3 is 10.2 Å².